The van der Waals surface area contributed by atoms with E-state index < -0.39 is 12.0 Å². The molecule has 0 saturated carbocycles. The predicted octanol–water partition coefficient (Wildman–Crippen LogP) is 4.52. The summed E-state index contributed by atoms with van der Waals surface area (Å²) in [6.07, 6.45) is 0. The van der Waals surface area contributed by atoms with Gasteiger partial charge in [-0.25, -0.2) is 0 Å². The number of hydrogen-bond acceptors (Lipinski definition) is 5. The van der Waals surface area contributed by atoms with Crippen LogP contribution in [0.25, 0.3) is 0 Å². The lowest BCUT2D eigenvalue weighted by molar-refractivity contribution is -0.119. The van der Waals surface area contributed by atoms with E-state index in [2.05, 4.69) is 5.32 Å². The molecule has 0 aliphatic carbocycles. The highest BCUT2D eigenvalue weighted by Crippen LogP contribution is 2.44. The minimum absolute atomic E-state index is 0.0332. The van der Waals surface area contributed by atoms with Crippen LogP contribution in [0.15, 0.2) is 66.0 Å². The summed E-state index contributed by atoms with van der Waals surface area (Å²) in [5.74, 6) is -0.937. The first-order valence-corrected chi connectivity index (χ1v) is 11.2. The molecular formula is C25H24N2O4S. The number of fused-ring (bicyclic) bond motifs is 1. The zero-order chi connectivity index (χ0) is 22.7. The molecule has 2 aromatic carbocycles. The van der Waals surface area contributed by atoms with Crippen molar-refractivity contribution in [1.82, 2.24) is 4.90 Å². The van der Waals surface area contributed by atoms with Gasteiger partial charge in [-0.3, -0.25) is 14.4 Å². The topological polar surface area (TPSA) is 75.7 Å². The zero-order valence-corrected chi connectivity index (χ0v) is 18.7. The van der Waals surface area contributed by atoms with E-state index in [1.165, 1.54) is 18.3 Å². The molecule has 2 unspecified atom stereocenters. The van der Waals surface area contributed by atoms with Gasteiger partial charge in [0.25, 0.3) is 5.91 Å². The number of ether oxygens (including phenoxy) is 1. The first-order valence-electron chi connectivity index (χ1n) is 10.4. The number of thiophene rings is 1. The Morgan fingerprint density at radius 2 is 1.81 bits per heavy atom. The van der Waals surface area contributed by atoms with Gasteiger partial charge in [-0.05, 0) is 54.3 Å². The van der Waals surface area contributed by atoms with Crippen LogP contribution in [0.1, 0.15) is 50.0 Å². The fraction of sp³-hybridized carbons (Fsp3) is 0.240. The van der Waals surface area contributed by atoms with Gasteiger partial charge < -0.3 is 15.0 Å². The average Bonchev–Trinajstić information content (AvgIpc) is 3.33. The Labute approximate surface area is 190 Å². The molecule has 32 heavy (non-hydrogen) atoms. The summed E-state index contributed by atoms with van der Waals surface area (Å²) in [5, 5.41) is 4.94. The first kappa shape index (κ1) is 21.9. The highest BCUT2D eigenvalue weighted by Gasteiger charge is 2.44. The number of anilines is 1. The van der Waals surface area contributed by atoms with Crippen LogP contribution in [-0.4, -0.2) is 42.8 Å². The molecule has 1 N–H and O–H groups in total. The van der Waals surface area contributed by atoms with Crippen molar-refractivity contribution >= 4 is 34.6 Å². The molecular weight excluding hydrogens is 424 g/mol. The monoisotopic (exact) mass is 448 g/mol. The summed E-state index contributed by atoms with van der Waals surface area (Å²) < 4.78 is 5.25. The smallest absolute Gasteiger partial charge is 0.254 e. The Morgan fingerprint density at radius 3 is 2.47 bits per heavy atom. The second-order valence-electron chi connectivity index (χ2n) is 7.64. The largest absolute Gasteiger partial charge is 0.383 e. The maximum Gasteiger partial charge on any atom is 0.254 e. The molecule has 7 heteroatoms. The molecule has 0 fully saturated rings. The molecule has 0 bridgehead atoms. The van der Waals surface area contributed by atoms with Crippen molar-refractivity contribution in [2.24, 2.45) is 0 Å². The van der Waals surface area contributed by atoms with E-state index >= 15 is 0 Å². The molecule has 0 spiro atoms. The molecule has 1 aliphatic heterocycles. The van der Waals surface area contributed by atoms with Crippen molar-refractivity contribution < 1.29 is 19.1 Å². The maximum atomic E-state index is 13.6. The van der Waals surface area contributed by atoms with E-state index in [1.807, 2.05) is 35.7 Å². The van der Waals surface area contributed by atoms with E-state index in [0.717, 1.165) is 4.88 Å². The van der Waals surface area contributed by atoms with Crippen molar-refractivity contribution in [3.8, 4) is 0 Å². The number of carbonyl (C=O) groups excluding carboxylic acids is 3. The van der Waals surface area contributed by atoms with Crippen LogP contribution >= 0.6 is 11.3 Å². The predicted molar refractivity (Wildman–Crippen MR) is 124 cm³/mol. The van der Waals surface area contributed by atoms with Gasteiger partial charge in [0.2, 0.25) is 5.91 Å². The molecule has 6 nitrogen and oxygen atoms in total. The number of methoxy groups -OCH3 is 1. The third-order valence-corrected chi connectivity index (χ3v) is 6.59. The summed E-state index contributed by atoms with van der Waals surface area (Å²) in [4.78, 5) is 41.2. The number of amides is 2. The number of ketones is 1. The van der Waals surface area contributed by atoms with Crippen molar-refractivity contribution in [1.29, 1.82) is 0 Å². The molecule has 1 aliphatic rings. The van der Waals surface area contributed by atoms with E-state index in [4.69, 9.17) is 4.74 Å². The first-order chi connectivity index (χ1) is 15.5. The van der Waals surface area contributed by atoms with E-state index in [1.54, 1.807) is 42.3 Å². The van der Waals surface area contributed by atoms with Crippen LogP contribution < -0.4 is 5.32 Å². The minimum Gasteiger partial charge on any atom is -0.383 e. The van der Waals surface area contributed by atoms with E-state index in [-0.39, 0.29) is 17.6 Å². The summed E-state index contributed by atoms with van der Waals surface area (Å²) in [6, 6.07) is 17.5. The van der Waals surface area contributed by atoms with Crippen LogP contribution in [-0.2, 0) is 9.53 Å². The Balaban J connectivity index is 1.75. The molecule has 0 radical (unpaired) electrons. The third kappa shape index (κ3) is 4.22. The molecule has 2 amide bonds. The molecule has 164 valence electrons. The van der Waals surface area contributed by atoms with Crippen LogP contribution in [0.5, 0.6) is 0 Å². The van der Waals surface area contributed by atoms with Crippen LogP contribution in [0.2, 0.25) is 0 Å². The van der Waals surface area contributed by atoms with Gasteiger partial charge in [0, 0.05) is 35.3 Å². The molecule has 2 atom stereocenters. The number of carbonyl (C=O) groups is 3. The lowest BCUT2D eigenvalue weighted by Gasteiger charge is -2.41. The molecule has 3 aromatic rings. The molecule has 4 rings (SSSR count). The Hall–Kier alpha value is -3.29. The number of nitrogens with one attached hydrogen (secondary N) is 1. The summed E-state index contributed by atoms with van der Waals surface area (Å²) in [7, 11) is 1.59. The molecule has 2 heterocycles. The lowest BCUT2D eigenvalue weighted by Crippen LogP contribution is -2.47. The number of benzene rings is 2. The van der Waals surface area contributed by atoms with E-state index in [9.17, 15) is 14.4 Å². The zero-order valence-electron chi connectivity index (χ0n) is 17.9. The normalized spacial score (nSPS) is 17.7. The second kappa shape index (κ2) is 9.46. The molecule has 1 aromatic heterocycles. The van der Waals surface area contributed by atoms with Gasteiger partial charge in [-0.15, -0.1) is 11.3 Å². The van der Waals surface area contributed by atoms with Crippen LogP contribution in [0.3, 0.4) is 0 Å². The SMILES string of the molecule is COCCN1C(=O)c2ccccc2C(C(=O)Nc2ccc(C(C)=O)cc2)C1c1cccs1. The van der Waals surface area contributed by atoms with Gasteiger partial charge in [-0.1, -0.05) is 24.3 Å². The van der Waals surface area contributed by atoms with Crippen LogP contribution in [0, 0.1) is 0 Å². The fourth-order valence-corrected chi connectivity index (χ4v) is 4.97. The van der Waals surface area contributed by atoms with Crippen molar-refractivity contribution in [3.05, 3.63) is 87.6 Å². The van der Waals surface area contributed by atoms with Gasteiger partial charge in [0.05, 0.1) is 18.6 Å². The maximum absolute atomic E-state index is 13.6. The lowest BCUT2D eigenvalue weighted by atomic mass is 9.81. The third-order valence-electron chi connectivity index (χ3n) is 5.65. The average molecular weight is 449 g/mol. The molecule has 0 saturated heterocycles. The van der Waals surface area contributed by atoms with Crippen molar-refractivity contribution in [2.75, 3.05) is 25.6 Å². The number of rotatable bonds is 7. The highest BCUT2D eigenvalue weighted by molar-refractivity contribution is 7.10. The number of nitrogens with zero attached hydrogens (tertiary/aromatic N) is 1. The Kier molecular flexibility index (Phi) is 6.48. The van der Waals surface area contributed by atoms with Crippen LogP contribution in [0.4, 0.5) is 5.69 Å². The number of hydrogen-bond donors (Lipinski definition) is 1. The van der Waals surface area contributed by atoms with Gasteiger partial charge in [0.15, 0.2) is 5.78 Å². The summed E-state index contributed by atoms with van der Waals surface area (Å²) in [6.45, 7) is 2.25. The summed E-state index contributed by atoms with van der Waals surface area (Å²) >= 11 is 1.52. The fourth-order valence-electron chi connectivity index (χ4n) is 4.09. The second-order valence-corrected chi connectivity index (χ2v) is 8.62. The standard InChI is InChI=1S/C25H24N2O4S/c1-16(28)17-9-11-18(12-10-17)26-24(29)22-19-6-3-4-7-20(19)25(30)27(13-14-31-2)23(22)21-8-5-15-32-21/h3-12,15,22-23H,13-14H2,1-2H3,(H,26,29). The number of Topliss-reactive ketones (excluding diaryl/α,β-unsaturated/α-hetero) is 1. The Morgan fingerprint density at radius 1 is 1.06 bits per heavy atom. The summed E-state index contributed by atoms with van der Waals surface area (Å²) in [5.41, 5.74) is 2.42. The van der Waals surface area contributed by atoms with Gasteiger partial charge >= 0.3 is 0 Å². The minimum atomic E-state index is -0.591. The highest BCUT2D eigenvalue weighted by atomic mass is 32.1. The quantitative estimate of drug-likeness (QED) is 0.540. The Bertz CT molecular complexity index is 1130. The van der Waals surface area contributed by atoms with Gasteiger partial charge in [-0.2, -0.15) is 0 Å². The van der Waals surface area contributed by atoms with Crippen molar-refractivity contribution in [3.63, 3.8) is 0 Å². The van der Waals surface area contributed by atoms with E-state index in [0.29, 0.717) is 35.5 Å². The van der Waals surface area contributed by atoms with Crippen molar-refractivity contribution in [2.45, 2.75) is 18.9 Å². The van der Waals surface area contributed by atoms with Gasteiger partial charge in [0.1, 0.15) is 0 Å².